The van der Waals surface area contributed by atoms with E-state index in [0.29, 0.717) is 0 Å². The van der Waals surface area contributed by atoms with E-state index in [1.54, 1.807) is 17.5 Å². The second-order valence-electron chi connectivity index (χ2n) is 5.33. The molecule has 21 heavy (non-hydrogen) atoms. The number of rotatable bonds is 3. The van der Waals surface area contributed by atoms with Crippen LogP contribution >= 0.6 is 22.9 Å². The molecule has 0 aromatic carbocycles. The molecule has 0 bridgehead atoms. The van der Waals surface area contributed by atoms with Gasteiger partial charge in [-0.05, 0) is 24.6 Å². The summed E-state index contributed by atoms with van der Waals surface area (Å²) in [5, 5.41) is 0. The van der Waals surface area contributed by atoms with Crippen molar-refractivity contribution >= 4 is 28.8 Å². The molecule has 0 unspecified atom stereocenters. The Morgan fingerprint density at radius 1 is 1.29 bits per heavy atom. The van der Waals surface area contributed by atoms with Gasteiger partial charge in [0.15, 0.2) is 0 Å². The Hall–Kier alpha value is -1.30. The van der Waals surface area contributed by atoms with E-state index in [2.05, 4.69) is 16.0 Å². The van der Waals surface area contributed by atoms with Gasteiger partial charge in [-0.1, -0.05) is 11.6 Å². The number of nitrogens with zero attached hydrogens (tertiary/aromatic N) is 2. The van der Waals surface area contributed by atoms with E-state index in [4.69, 9.17) is 11.6 Å². The molecule has 0 radical (unpaired) electrons. The quantitative estimate of drug-likeness (QED) is 0.943. The molecule has 1 aliphatic heterocycles. The number of halogens is 1. The molecule has 1 aliphatic rings. The van der Waals surface area contributed by atoms with E-state index in [0.717, 1.165) is 48.2 Å². The van der Waals surface area contributed by atoms with E-state index in [1.165, 1.54) is 4.88 Å². The zero-order valence-corrected chi connectivity index (χ0v) is 13.5. The molecular formula is C15H18ClN3OS. The predicted octanol–water partition coefficient (Wildman–Crippen LogP) is 3.00. The number of nitrogens with one attached hydrogen (secondary N) is 1. The standard InChI is InChI=1S/C15H18ClN3OS/c1-11-8-17-9-13(11)15(20)19-6-4-18(5-7-19)10-12-2-3-14(16)21-12/h2-3,8-9,17H,4-7,10H2,1H3. The van der Waals surface area contributed by atoms with Crippen molar-refractivity contribution < 1.29 is 4.79 Å². The van der Waals surface area contributed by atoms with Crippen LogP contribution in [-0.2, 0) is 6.54 Å². The van der Waals surface area contributed by atoms with Gasteiger partial charge >= 0.3 is 0 Å². The number of amides is 1. The minimum absolute atomic E-state index is 0.132. The first-order valence-electron chi connectivity index (χ1n) is 7.03. The van der Waals surface area contributed by atoms with Gasteiger partial charge in [0.1, 0.15) is 0 Å². The van der Waals surface area contributed by atoms with Crippen LogP contribution in [0.3, 0.4) is 0 Å². The lowest BCUT2D eigenvalue weighted by Gasteiger charge is -2.34. The predicted molar refractivity (Wildman–Crippen MR) is 86.0 cm³/mol. The monoisotopic (exact) mass is 323 g/mol. The normalized spacial score (nSPS) is 16.4. The van der Waals surface area contributed by atoms with Crippen LogP contribution in [0.15, 0.2) is 24.5 Å². The third kappa shape index (κ3) is 3.31. The van der Waals surface area contributed by atoms with Crippen molar-refractivity contribution in [2.75, 3.05) is 26.2 Å². The summed E-state index contributed by atoms with van der Waals surface area (Å²) >= 11 is 7.59. The number of aromatic amines is 1. The highest BCUT2D eigenvalue weighted by atomic mass is 35.5. The van der Waals surface area contributed by atoms with Gasteiger partial charge in [0.05, 0.1) is 9.90 Å². The third-order valence-corrected chi connectivity index (χ3v) is 5.07. The maximum Gasteiger partial charge on any atom is 0.255 e. The molecule has 1 amide bonds. The number of carbonyl (C=O) groups excluding carboxylic acids is 1. The van der Waals surface area contributed by atoms with Gasteiger partial charge in [-0.3, -0.25) is 9.69 Å². The Balaban J connectivity index is 1.55. The first kappa shape index (κ1) is 14.6. The molecular weight excluding hydrogens is 306 g/mol. The van der Waals surface area contributed by atoms with Crippen LogP contribution in [0, 0.1) is 6.92 Å². The second kappa shape index (κ2) is 6.22. The molecule has 1 saturated heterocycles. The van der Waals surface area contributed by atoms with Gasteiger partial charge in [-0.25, -0.2) is 0 Å². The van der Waals surface area contributed by atoms with Crippen molar-refractivity contribution in [1.29, 1.82) is 0 Å². The Morgan fingerprint density at radius 3 is 2.62 bits per heavy atom. The van der Waals surface area contributed by atoms with Crippen LogP contribution in [0.5, 0.6) is 0 Å². The van der Waals surface area contributed by atoms with Crippen LogP contribution in [0.4, 0.5) is 0 Å². The van der Waals surface area contributed by atoms with Crippen LogP contribution in [-0.4, -0.2) is 46.9 Å². The third-order valence-electron chi connectivity index (χ3n) is 3.85. The summed E-state index contributed by atoms with van der Waals surface area (Å²) in [6.07, 6.45) is 3.65. The van der Waals surface area contributed by atoms with E-state index in [-0.39, 0.29) is 5.91 Å². The first-order chi connectivity index (χ1) is 10.1. The largest absolute Gasteiger partial charge is 0.367 e. The summed E-state index contributed by atoms with van der Waals surface area (Å²) in [4.78, 5) is 21.0. The lowest BCUT2D eigenvalue weighted by atomic mass is 10.2. The smallest absolute Gasteiger partial charge is 0.255 e. The number of aryl methyl sites for hydroxylation is 1. The van der Waals surface area contributed by atoms with Crippen molar-refractivity contribution in [3.63, 3.8) is 0 Å². The first-order valence-corrected chi connectivity index (χ1v) is 8.22. The topological polar surface area (TPSA) is 39.3 Å². The average molecular weight is 324 g/mol. The van der Waals surface area contributed by atoms with Crippen molar-refractivity contribution in [1.82, 2.24) is 14.8 Å². The molecule has 0 atom stereocenters. The van der Waals surface area contributed by atoms with Crippen molar-refractivity contribution in [3.8, 4) is 0 Å². The molecule has 1 N–H and O–H groups in total. The van der Waals surface area contributed by atoms with Crippen molar-refractivity contribution in [2.45, 2.75) is 13.5 Å². The molecule has 3 heterocycles. The molecule has 0 saturated carbocycles. The molecule has 112 valence electrons. The van der Waals surface area contributed by atoms with Gasteiger partial charge < -0.3 is 9.88 Å². The van der Waals surface area contributed by atoms with Crippen LogP contribution in [0.25, 0.3) is 0 Å². The summed E-state index contributed by atoms with van der Waals surface area (Å²) < 4.78 is 0.835. The fourth-order valence-corrected chi connectivity index (χ4v) is 3.74. The average Bonchev–Trinajstić information content (AvgIpc) is 3.08. The SMILES string of the molecule is Cc1c[nH]cc1C(=O)N1CCN(Cc2ccc(Cl)s2)CC1. The second-order valence-corrected chi connectivity index (χ2v) is 7.13. The summed E-state index contributed by atoms with van der Waals surface area (Å²) in [6, 6.07) is 4.02. The fourth-order valence-electron chi connectivity index (χ4n) is 2.61. The number of carbonyl (C=O) groups is 1. The lowest BCUT2D eigenvalue weighted by molar-refractivity contribution is 0.0629. The number of H-pyrrole nitrogens is 1. The van der Waals surface area contributed by atoms with Crippen LogP contribution in [0.2, 0.25) is 4.34 Å². The van der Waals surface area contributed by atoms with E-state index >= 15 is 0 Å². The molecule has 0 spiro atoms. The minimum Gasteiger partial charge on any atom is -0.367 e. The molecule has 4 nitrogen and oxygen atoms in total. The number of thiophene rings is 1. The van der Waals surface area contributed by atoms with Crippen LogP contribution in [0.1, 0.15) is 20.8 Å². The number of piperazine rings is 1. The van der Waals surface area contributed by atoms with Gasteiger partial charge in [-0.15, -0.1) is 11.3 Å². The van der Waals surface area contributed by atoms with Crippen LogP contribution < -0.4 is 0 Å². The van der Waals surface area contributed by atoms with E-state index in [9.17, 15) is 4.79 Å². The maximum atomic E-state index is 12.4. The highest BCUT2D eigenvalue weighted by Crippen LogP contribution is 2.23. The zero-order valence-electron chi connectivity index (χ0n) is 11.9. The van der Waals surface area contributed by atoms with E-state index in [1.807, 2.05) is 24.1 Å². The molecule has 2 aromatic heterocycles. The summed E-state index contributed by atoms with van der Waals surface area (Å²) in [7, 11) is 0. The Bertz CT molecular complexity index is 628. The Kier molecular flexibility index (Phi) is 4.33. The van der Waals surface area contributed by atoms with Gasteiger partial charge in [0, 0.05) is 50.0 Å². The summed E-state index contributed by atoms with van der Waals surface area (Å²) in [6.45, 7) is 6.25. The molecule has 3 rings (SSSR count). The molecule has 6 heteroatoms. The van der Waals surface area contributed by atoms with E-state index < -0.39 is 0 Å². The number of hydrogen-bond donors (Lipinski definition) is 1. The number of aromatic nitrogens is 1. The van der Waals surface area contributed by atoms with Gasteiger partial charge in [0.25, 0.3) is 5.91 Å². The summed E-state index contributed by atoms with van der Waals surface area (Å²) in [5.74, 6) is 0.132. The molecule has 1 fully saturated rings. The van der Waals surface area contributed by atoms with Gasteiger partial charge in [0.2, 0.25) is 0 Å². The summed E-state index contributed by atoms with van der Waals surface area (Å²) in [5.41, 5.74) is 1.80. The lowest BCUT2D eigenvalue weighted by Crippen LogP contribution is -2.48. The molecule has 0 aliphatic carbocycles. The Labute approximate surface area is 133 Å². The zero-order chi connectivity index (χ0) is 14.8. The Morgan fingerprint density at radius 2 is 2.05 bits per heavy atom. The highest BCUT2D eigenvalue weighted by molar-refractivity contribution is 7.16. The van der Waals surface area contributed by atoms with Crippen molar-refractivity contribution in [2.24, 2.45) is 0 Å². The fraction of sp³-hybridized carbons (Fsp3) is 0.400. The van der Waals surface area contributed by atoms with Gasteiger partial charge in [-0.2, -0.15) is 0 Å². The minimum atomic E-state index is 0.132. The molecule has 2 aromatic rings. The highest BCUT2D eigenvalue weighted by Gasteiger charge is 2.23. The van der Waals surface area contributed by atoms with Crippen molar-refractivity contribution in [3.05, 3.63) is 44.9 Å². The maximum absolute atomic E-state index is 12.4. The number of hydrogen-bond acceptors (Lipinski definition) is 3.